The molecule has 9 heteroatoms. The summed E-state index contributed by atoms with van der Waals surface area (Å²) in [5, 5.41) is 7.24. The van der Waals surface area contributed by atoms with Gasteiger partial charge in [0.05, 0.1) is 18.5 Å². The summed E-state index contributed by atoms with van der Waals surface area (Å²) in [6.45, 7) is 12.1. The lowest BCUT2D eigenvalue weighted by Crippen LogP contribution is -2.42. The van der Waals surface area contributed by atoms with Crippen LogP contribution in [-0.4, -0.2) is 44.8 Å². The standard InChI is InChI=1S/C18H21N9/c1-18(10-19)3-5-27(6-4-18)14-9-23-16-15(25-26-17(16)24-14)11-7-13(20)22-8-12(11)21-2/h7-9H,3-6,10,19H2,1H3,(H2,20,22)(H,24,25,26). The molecule has 0 aliphatic carbocycles. The number of rotatable bonds is 3. The molecule has 0 radical (unpaired) electrons. The first kappa shape index (κ1) is 17.2. The number of H-pyrrole nitrogens is 1. The summed E-state index contributed by atoms with van der Waals surface area (Å²) in [5.41, 5.74) is 14.6. The van der Waals surface area contributed by atoms with Crippen molar-refractivity contribution in [1.82, 2.24) is 25.1 Å². The van der Waals surface area contributed by atoms with Crippen molar-refractivity contribution >= 4 is 28.5 Å². The largest absolute Gasteiger partial charge is 0.384 e. The Kier molecular flexibility index (Phi) is 4.12. The first-order chi connectivity index (χ1) is 13.0. The van der Waals surface area contributed by atoms with Gasteiger partial charge in [-0.3, -0.25) is 10.1 Å². The van der Waals surface area contributed by atoms with Crippen molar-refractivity contribution in [3.05, 3.63) is 29.9 Å². The van der Waals surface area contributed by atoms with E-state index in [0.29, 0.717) is 40.5 Å². The van der Waals surface area contributed by atoms with E-state index in [1.165, 1.54) is 6.20 Å². The second kappa shape index (κ2) is 6.48. The number of pyridine rings is 1. The van der Waals surface area contributed by atoms with E-state index in [1.807, 2.05) is 0 Å². The summed E-state index contributed by atoms with van der Waals surface area (Å²) < 4.78 is 0. The van der Waals surface area contributed by atoms with Crippen LogP contribution in [0.4, 0.5) is 17.3 Å². The van der Waals surface area contributed by atoms with Crippen molar-refractivity contribution in [2.45, 2.75) is 19.8 Å². The SMILES string of the molecule is [C-]#[N+]c1cnc(N)cc1-c1[nH]nc2nc(N3CCC(C)(CN)CC3)cnc12. The van der Waals surface area contributed by atoms with E-state index in [4.69, 9.17) is 18.0 Å². The molecule has 3 aromatic rings. The third-order valence-corrected chi connectivity index (χ3v) is 5.33. The van der Waals surface area contributed by atoms with Gasteiger partial charge in [-0.05, 0) is 30.9 Å². The Morgan fingerprint density at radius 2 is 2.07 bits per heavy atom. The van der Waals surface area contributed by atoms with E-state index >= 15 is 0 Å². The topological polar surface area (TPSA) is 127 Å². The lowest BCUT2D eigenvalue weighted by molar-refractivity contribution is 0.258. The molecular weight excluding hydrogens is 342 g/mol. The summed E-state index contributed by atoms with van der Waals surface area (Å²) in [7, 11) is 0. The Labute approximate surface area is 156 Å². The number of hydrogen-bond donors (Lipinski definition) is 3. The normalized spacial score (nSPS) is 16.4. The fraction of sp³-hybridized carbons (Fsp3) is 0.389. The van der Waals surface area contributed by atoms with Crippen molar-refractivity contribution < 1.29 is 0 Å². The molecule has 0 aromatic carbocycles. The van der Waals surface area contributed by atoms with Gasteiger partial charge in [0.15, 0.2) is 0 Å². The summed E-state index contributed by atoms with van der Waals surface area (Å²) >= 11 is 0. The minimum absolute atomic E-state index is 0.199. The summed E-state index contributed by atoms with van der Waals surface area (Å²) in [5.74, 6) is 1.14. The van der Waals surface area contributed by atoms with Crippen LogP contribution in [0.15, 0.2) is 18.5 Å². The molecular formula is C18H21N9. The van der Waals surface area contributed by atoms with Gasteiger partial charge < -0.3 is 16.4 Å². The number of fused-ring (bicyclic) bond motifs is 1. The Balaban J connectivity index is 1.67. The van der Waals surface area contributed by atoms with Crippen LogP contribution in [0.2, 0.25) is 0 Å². The van der Waals surface area contributed by atoms with Crippen LogP contribution in [-0.2, 0) is 0 Å². The predicted molar refractivity (Wildman–Crippen MR) is 104 cm³/mol. The first-order valence-corrected chi connectivity index (χ1v) is 8.82. The zero-order valence-electron chi connectivity index (χ0n) is 15.1. The van der Waals surface area contributed by atoms with Gasteiger partial charge in [-0.15, -0.1) is 0 Å². The molecule has 0 unspecified atom stereocenters. The van der Waals surface area contributed by atoms with Gasteiger partial charge in [0.2, 0.25) is 11.3 Å². The van der Waals surface area contributed by atoms with Crippen LogP contribution < -0.4 is 16.4 Å². The highest BCUT2D eigenvalue weighted by Gasteiger charge is 2.29. The third-order valence-electron chi connectivity index (χ3n) is 5.33. The number of piperidine rings is 1. The second-order valence-electron chi connectivity index (χ2n) is 7.24. The molecule has 1 saturated heterocycles. The van der Waals surface area contributed by atoms with Gasteiger partial charge >= 0.3 is 0 Å². The smallest absolute Gasteiger partial charge is 0.214 e. The maximum absolute atomic E-state index is 7.34. The molecule has 0 saturated carbocycles. The van der Waals surface area contributed by atoms with Crippen molar-refractivity contribution in [3.8, 4) is 11.3 Å². The Hall–Kier alpha value is -3.25. The summed E-state index contributed by atoms with van der Waals surface area (Å²) in [4.78, 5) is 18.9. The number of hydrogen-bond acceptors (Lipinski definition) is 7. The lowest BCUT2D eigenvalue weighted by Gasteiger charge is -2.39. The monoisotopic (exact) mass is 363 g/mol. The summed E-state index contributed by atoms with van der Waals surface area (Å²) in [6, 6.07) is 1.65. The lowest BCUT2D eigenvalue weighted by atomic mass is 9.80. The van der Waals surface area contributed by atoms with Crippen LogP contribution in [0.3, 0.4) is 0 Å². The molecule has 1 aliphatic heterocycles. The van der Waals surface area contributed by atoms with Gasteiger partial charge in [-0.25, -0.2) is 14.8 Å². The van der Waals surface area contributed by atoms with Crippen LogP contribution in [0, 0.1) is 12.0 Å². The molecule has 5 N–H and O–H groups in total. The van der Waals surface area contributed by atoms with E-state index in [0.717, 1.165) is 31.7 Å². The van der Waals surface area contributed by atoms with Crippen molar-refractivity contribution in [2.24, 2.45) is 11.1 Å². The Morgan fingerprint density at radius 1 is 1.30 bits per heavy atom. The molecule has 0 amide bonds. The molecule has 3 aromatic heterocycles. The van der Waals surface area contributed by atoms with E-state index in [-0.39, 0.29) is 5.41 Å². The van der Waals surface area contributed by atoms with E-state index < -0.39 is 0 Å². The van der Waals surface area contributed by atoms with Crippen LogP contribution >= 0.6 is 0 Å². The van der Waals surface area contributed by atoms with Crippen LogP contribution in [0.5, 0.6) is 0 Å². The molecule has 138 valence electrons. The van der Waals surface area contributed by atoms with Crippen LogP contribution in [0.25, 0.3) is 27.3 Å². The third kappa shape index (κ3) is 3.04. The zero-order valence-corrected chi connectivity index (χ0v) is 15.1. The molecule has 9 nitrogen and oxygen atoms in total. The minimum Gasteiger partial charge on any atom is -0.384 e. The maximum atomic E-state index is 7.34. The fourth-order valence-corrected chi connectivity index (χ4v) is 3.36. The number of nitrogens with two attached hydrogens (primary N) is 2. The average molecular weight is 363 g/mol. The molecule has 0 bridgehead atoms. The molecule has 27 heavy (non-hydrogen) atoms. The first-order valence-electron chi connectivity index (χ1n) is 8.82. The highest BCUT2D eigenvalue weighted by Crippen LogP contribution is 2.34. The van der Waals surface area contributed by atoms with Crippen LogP contribution in [0.1, 0.15) is 19.8 Å². The molecule has 1 aliphatic rings. The highest BCUT2D eigenvalue weighted by molar-refractivity contribution is 5.93. The van der Waals surface area contributed by atoms with Gasteiger partial charge in [0.1, 0.15) is 17.2 Å². The number of aromatic amines is 1. The van der Waals surface area contributed by atoms with E-state index in [2.05, 4.69) is 41.8 Å². The quantitative estimate of drug-likeness (QED) is 0.608. The molecule has 4 rings (SSSR count). The predicted octanol–water partition coefficient (Wildman–Crippen LogP) is 2.11. The number of nitrogens with one attached hydrogen (secondary N) is 1. The van der Waals surface area contributed by atoms with Gasteiger partial charge in [-0.2, -0.15) is 5.10 Å². The van der Waals surface area contributed by atoms with Crippen molar-refractivity contribution in [3.63, 3.8) is 0 Å². The number of nitrogen functional groups attached to an aromatic ring is 1. The molecule has 4 heterocycles. The number of nitrogens with zero attached hydrogens (tertiary/aromatic N) is 6. The van der Waals surface area contributed by atoms with Crippen molar-refractivity contribution in [1.29, 1.82) is 0 Å². The molecule has 0 spiro atoms. The number of aromatic nitrogens is 5. The Morgan fingerprint density at radius 3 is 2.78 bits per heavy atom. The molecule has 1 fully saturated rings. The second-order valence-corrected chi connectivity index (χ2v) is 7.24. The van der Waals surface area contributed by atoms with Gasteiger partial charge in [-0.1, -0.05) is 6.92 Å². The average Bonchev–Trinajstić information content (AvgIpc) is 3.11. The number of anilines is 2. The zero-order chi connectivity index (χ0) is 19.0. The van der Waals surface area contributed by atoms with Gasteiger partial charge in [0, 0.05) is 24.8 Å². The van der Waals surface area contributed by atoms with E-state index in [9.17, 15) is 0 Å². The van der Waals surface area contributed by atoms with Gasteiger partial charge in [0.25, 0.3) is 0 Å². The van der Waals surface area contributed by atoms with Crippen molar-refractivity contribution in [2.75, 3.05) is 30.3 Å². The summed E-state index contributed by atoms with van der Waals surface area (Å²) in [6.07, 6.45) is 5.27. The van der Waals surface area contributed by atoms with E-state index in [1.54, 1.807) is 12.3 Å². The maximum Gasteiger partial charge on any atom is 0.214 e. The minimum atomic E-state index is 0.199. The molecule has 0 atom stereocenters. The highest BCUT2D eigenvalue weighted by atomic mass is 15.2. The fourth-order valence-electron chi connectivity index (χ4n) is 3.36. The Bertz CT molecular complexity index is 1020.